The maximum absolute atomic E-state index is 13.0. The molecule has 1 heterocycles. The van der Waals surface area contributed by atoms with Gasteiger partial charge in [0.15, 0.2) is 0 Å². The van der Waals surface area contributed by atoms with Gasteiger partial charge in [-0.15, -0.1) is 0 Å². The Balaban J connectivity index is 1.74. The van der Waals surface area contributed by atoms with Gasteiger partial charge in [0.05, 0.1) is 16.8 Å². The van der Waals surface area contributed by atoms with E-state index in [2.05, 4.69) is 10.3 Å². The summed E-state index contributed by atoms with van der Waals surface area (Å²) in [5, 5.41) is 4.24. The first-order valence-electron chi connectivity index (χ1n) is 8.88. The molecule has 6 heteroatoms. The highest BCUT2D eigenvalue weighted by molar-refractivity contribution is 6.30. The predicted octanol–water partition coefficient (Wildman–Crippen LogP) is 4.91. The third-order valence-corrected chi connectivity index (χ3v) is 4.78. The van der Waals surface area contributed by atoms with E-state index < -0.39 is 5.91 Å². The van der Waals surface area contributed by atoms with E-state index in [1.165, 1.54) is 0 Å². The summed E-state index contributed by atoms with van der Waals surface area (Å²) in [6.07, 6.45) is 0. The largest absolute Gasteiger partial charge is 0.366 e. The lowest BCUT2D eigenvalue weighted by Gasteiger charge is -2.11. The minimum absolute atomic E-state index is 0.273. The number of rotatable bonds is 4. The smallest absolute Gasteiger partial charge is 0.256 e. The summed E-state index contributed by atoms with van der Waals surface area (Å²) in [6.45, 7) is 0. The molecule has 0 bridgehead atoms. The number of fused-ring (bicyclic) bond motifs is 1. The van der Waals surface area contributed by atoms with Gasteiger partial charge in [0.2, 0.25) is 5.91 Å². The molecule has 3 aromatic carbocycles. The third kappa shape index (κ3) is 3.95. The van der Waals surface area contributed by atoms with E-state index in [4.69, 9.17) is 17.3 Å². The van der Waals surface area contributed by atoms with Crippen LogP contribution in [0.4, 0.5) is 5.69 Å². The zero-order valence-electron chi connectivity index (χ0n) is 15.2. The Morgan fingerprint density at radius 1 is 0.897 bits per heavy atom. The predicted molar refractivity (Wildman–Crippen MR) is 115 cm³/mol. The fraction of sp³-hybridized carbons (Fsp3) is 0. The van der Waals surface area contributed by atoms with E-state index in [9.17, 15) is 9.59 Å². The van der Waals surface area contributed by atoms with Crippen LogP contribution in [-0.2, 0) is 0 Å². The van der Waals surface area contributed by atoms with Crippen LogP contribution in [0.1, 0.15) is 20.7 Å². The van der Waals surface area contributed by atoms with E-state index in [0.29, 0.717) is 33.0 Å². The number of hydrogen-bond acceptors (Lipinski definition) is 3. The first-order chi connectivity index (χ1) is 14.0. The Bertz CT molecular complexity index is 1220. The van der Waals surface area contributed by atoms with Crippen LogP contribution in [0.2, 0.25) is 5.02 Å². The van der Waals surface area contributed by atoms with Crippen LogP contribution in [0, 0.1) is 0 Å². The summed E-state index contributed by atoms with van der Waals surface area (Å²) in [5.74, 6) is -0.791. The van der Waals surface area contributed by atoms with E-state index in [-0.39, 0.29) is 5.91 Å². The molecule has 0 aliphatic rings. The number of nitrogens with one attached hydrogen (secondary N) is 1. The molecule has 0 spiro atoms. The molecule has 3 N–H and O–H groups in total. The Morgan fingerprint density at radius 2 is 1.59 bits per heavy atom. The van der Waals surface area contributed by atoms with Crippen molar-refractivity contribution in [3.8, 4) is 11.3 Å². The fourth-order valence-corrected chi connectivity index (χ4v) is 3.17. The van der Waals surface area contributed by atoms with Crippen LogP contribution < -0.4 is 11.1 Å². The number of pyridine rings is 1. The van der Waals surface area contributed by atoms with Gasteiger partial charge >= 0.3 is 0 Å². The quantitative estimate of drug-likeness (QED) is 0.509. The molecule has 0 aliphatic heterocycles. The topological polar surface area (TPSA) is 85.1 Å². The van der Waals surface area contributed by atoms with Crippen LogP contribution in [0.3, 0.4) is 0 Å². The lowest BCUT2D eigenvalue weighted by Crippen LogP contribution is -2.14. The van der Waals surface area contributed by atoms with Crippen molar-refractivity contribution in [1.29, 1.82) is 0 Å². The van der Waals surface area contributed by atoms with E-state index in [1.807, 2.05) is 36.4 Å². The minimum Gasteiger partial charge on any atom is -0.366 e. The molecule has 4 aromatic rings. The molecular weight excluding hydrogens is 386 g/mol. The molecular formula is C23H16ClN3O2. The molecule has 0 fully saturated rings. The zero-order valence-corrected chi connectivity index (χ0v) is 16.0. The first-order valence-corrected chi connectivity index (χ1v) is 9.26. The molecule has 1 aromatic heterocycles. The van der Waals surface area contributed by atoms with E-state index in [0.717, 1.165) is 10.9 Å². The van der Waals surface area contributed by atoms with Gasteiger partial charge in [0.25, 0.3) is 5.91 Å². The van der Waals surface area contributed by atoms with Gasteiger partial charge in [-0.25, -0.2) is 4.98 Å². The molecule has 142 valence electrons. The molecule has 4 rings (SSSR count). The standard InChI is InChI=1S/C23H16ClN3O2/c24-16-9-5-14(6-10-16)21-13-19(18-3-1-2-4-20(18)27-21)23(29)26-17-11-7-15(8-12-17)22(25)28/h1-13H,(H2,25,28)(H,26,29). The third-order valence-electron chi connectivity index (χ3n) is 4.53. The summed E-state index contributed by atoms with van der Waals surface area (Å²) in [6, 6.07) is 23.0. The number of hydrogen-bond donors (Lipinski definition) is 2. The molecule has 2 amide bonds. The number of carbonyl (C=O) groups is 2. The van der Waals surface area contributed by atoms with Crippen molar-refractivity contribution in [2.45, 2.75) is 0 Å². The summed E-state index contributed by atoms with van der Waals surface area (Å²) in [4.78, 5) is 28.9. The maximum atomic E-state index is 13.0. The second-order valence-corrected chi connectivity index (χ2v) is 6.91. The number of nitrogens with zero attached hydrogens (tertiary/aromatic N) is 1. The maximum Gasteiger partial charge on any atom is 0.256 e. The van der Waals surface area contributed by atoms with Crippen LogP contribution in [-0.4, -0.2) is 16.8 Å². The van der Waals surface area contributed by atoms with Gasteiger partial charge in [0, 0.05) is 27.2 Å². The minimum atomic E-state index is -0.518. The van der Waals surface area contributed by atoms with Crippen molar-refractivity contribution < 1.29 is 9.59 Å². The highest BCUT2D eigenvalue weighted by Gasteiger charge is 2.14. The average Bonchev–Trinajstić information content (AvgIpc) is 2.74. The second kappa shape index (κ2) is 7.73. The summed E-state index contributed by atoms with van der Waals surface area (Å²) >= 11 is 5.98. The van der Waals surface area contributed by atoms with Crippen molar-refractivity contribution in [1.82, 2.24) is 4.98 Å². The number of benzene rings is 3. The molecule has 0 radical (unpaired) electrons. The van der Waals surface area contributed by atoms with Crippen molar-refractivity contribution >= 4 is 40.0 Å². The van der Waals surface area contributed by atoms with E-state index >= 15 is 0 Å². The SMILES string of the molecule is NC(=O)c1ccc(NC(=O)c2cc(-c3ccc(Cl)cc3)nc3ccccc23)cc1. The number of halogens is 1. The number of aromatic nitrogens is 1. The summed E-state index contributed by atoms with van der Waals surface area (Å²) < 4.78 is 0. The van der Waals surface area contributed by atoms with Crippen LogP contribution >= 0.6 is 11.6 Å². The van der Waals surface area contributed by atoms with Gasteiger partial charge in [0.1, 0.15) is 0 Å². The van der Waals surface area contributed by atoms with Crippen LogP contribution in [0.5, 0.6) is 0 Å². The van der Waals surface area contributed by atoms with Gasteiger partial charge in [-0.2, -0.15) is 0 Å². The average molecular weight is 402 g/mol. The Morgan fingerprint density at radius 3 is 2.28 bits per heavy atom. The van der Waals surface area contributed by atoms with Gasteiger partial charge < -0.3 is 11.1 Å². The lowest BCUT2D eigenvalue weighted by atomic mass is 10.0. The molecule has 0 saturated heterocycles. The first kappa shape index (κ1) is 18.7. The monoisotopic (exact) mass is 401 g/mol. The second-order valence-electron chi connectivity index (χ2n) is 6.47. The molecule has 0 unspecified atom stereocenters. The summed E-state index contributed by atoms with van der Waals surface area (Å²) in [7, 11) is 0. The summed E-state index contributed by atoms with van der Waals surface area (Å²) in [5.41, 5.74) is 8.95. The number of para-hydroxylation sites is 1. The number of primary amides is 1. The molecule has 0 atom stereocenters. The molecule has 0 saturated carbocycles. The Hall–Kier alpha value is -3.70. The Labute approximate surface area is 172 Å². The van der Waals surface area contributed by atoms with Crippen molar-refractivity contribution in [2.24, 2.45) is 5.73 Å². The molecule has 0 aliphatic carbocycles. The number of carbonyl (C=O) groups excluding carboxylic acids is 2. The van der Waals surface area contributed by atoms with Crippen molar-refractivity contribution in [2.75, 3.05) is 5.32 Å². The number of amides is 2. The molecule has 29 heavy (non-hydrogen) atoms. The van der Waals surface area contributed by atoms with Gasteiger partial charge in [-0.1, -0.05) is 41.9 Å². The number of nitrogens with two attached hydrogens (primary N) is 1. The van der Waals surface area contributed by atoms with Gasteiger partial charge in [-0.3, -0.25) is 9.59 Å². The van der Waals surface area contributed by atoms with E-state index in [1.54, 1.807) is 42.5 Å². The molecule has 5 nitrogen and oxygen atoms in total. The fourth-order valence-electron chi connectivity index (χ4n) is 3.05. The van der Waals surface area contributed by atoms with Crippen LogP contribution in [0.15, 0.2) is 78.9 Å². The lowest BCUT2D eigenvalue weighted by molar-refractivity contribution is 0.0998. The van der Waals surface area contributed by atoms with Crippen molar-refractivity contribution in [3.05, 3.63) is 95.0 Å². The number of anilines is 1. The Kier molecular flexibility index (Phi) is 4.97. The highest BCUT2D eigenvalue weighted by Crippen LogP contribution is 2.26. The normalized spacial score (nSPS) is 10.7. The van der Waals surface area contributed by atoms with Gasteiger partial charge in [-0.05, 0) is 48.5 Å². The van der Waals surface area contributed by atoms with Crippen molar-refractivity contribution in [3.63, 3.8) is 0 Å². The zero-order chi connectivity index (χ0) is 20.4. The van der Waals surface area contributed by atoms with Crippen LogP contribution in [0.25, 0.3) is 22.2 Å². The highest BCUT2D eigenvalue weighted by atomic mass is 35.5.